The number of para-hydroxylation sites is 1. The van der Waals surface area contributed by atoms with Crippen molar-refractivity contribution in [2.24, 2.45) is 7.05 Å². The standard InChI is InChI=1S/C19H19N3O2S2/c1-12-16(18(24)22(20(12)3)14-8-5-4-6-9-14)21-17(23)13(2)26-19(21)15-10-7-11-25-15/h4-11,13,19H,1-3H3. The fourth-order valence-electron chi connectivity index (χ4n) is 3.31. The minimum absolute atomic E-state index is 0.0144. The molecule has 4 rings (SSSR count). The Hall–Kier alpha value is -2.25. The third kappa shape index (κ3) is 2.54. The molecule has 0 spiro atoms. The molecule has 0 saturated carbocycles. The van der Waals surface area contributed by atoms with Gasteiger partial charge in [-0.2, -0.15) is 0 Å². The Bertz CT molecular complexity index is 1010. The van der Waals surface area contributed by atoms with Gasteiger partial charge in [-0.3, -0.25) is 19.2 Å². The smallest absolute Gasteiger partial charge is 0.287 e. The number of amides is 1. The lowest BCUT2D eigenvalue weighted by Crippen LogP contribution is -2.34. The van der Waals surface area contributed by atoms with Crippen LogP contribution in [0.4, 0.5) is 5.69 Å². The Balaban J connectivity index is 1.90. The van der Waals surface area contributed by atoms with Gasteiger partial charge in [0.1, 0.15) is 11.1 Å². The number of nitrogens with zero attached hydrogens (tertiary/aromatic N) is 3. The van der Waals surface area contributed by atoms with Crippen LogP contribution < -0.4 is 10.5 Å². The molecule has 7 heteroatoms. The van der Waals surface area contributed by atoms with Crippen molar-refractivity contribution in [3.05, 3.63) is 68.8 Å². The van der Waals surface area contributed by atoms with Crippen LogP contribution in [0.1, 0.15) is 22.9 Å². The van der Waals surface area contributed by atoms with E-state index in [1.165, 1.54) is 0 Å². The van der Waals surface area contributed by atoms with Gasteiger partial charge in [0.15, 0.2) is 0 Å². The number of thioether (sulfide) groups is 1. The Kier molecular flexibility index (Phi) is 4.28. The lowest BCUT2D eigenvalue weighted by molar-refractivity contribution is -0.117. The molecule has 0 N–H and O–H groups in total. The number of hydrogen-bond acceptors (Lipinski definition) is 4. The van der Waals surface area contributed by atoms with Crippen LogP contribution in [-0.2, 0) is 11.8 Å². The van der Waals surface area contributed by atoms with Crippen molar-refractivity contribution in [3.8, 4) is 5.69 Å². The molecule has 1 fully saturated rings. The minimum Gasteiger partial charge on any atom is -0.287 e. The zero-order chi connectivity index (χ0) is 18.4. The Morgan fingerprint density at radius 3 is 2.42 bits per heavy atom. The lowest BCUT2D eigenvalue weighted by Gasteiger charge is -2.21. The highest BCUT2D eigenvalue weighted by molar-refractivity contribution is 8.01. The number of benzene rings is 1. The molecule has 0 bridgehead atoms. The molecule has 26 heavy (non-hydrogen) atoms. The van der Waals surface area contributed by atoms with E-state index in [-0.39, 0.29) is 22.1 Å². The van der Waals surface area contributed by atoms with Crippen molar-refractivity contribution in [3.63, 3.8) is 0 Å². The summed E-state index contributed by atoms with van der Waals surface area (Å²) in [4.78, 5) is 29.0. The molecule has 0 radical (unpaired) electrons. The Morgan fingerprint density at radius 1 is 1.04 bits per heavy atom. The van der Waals surface area contributed by atoms with E-state index in [1.54, 1.807) is 32.7 Å². The highest BCUT2D eigenvalue weighted by Crippen LogP contribution is 2.46. The first kappa shape index (κ1) is 17.2. The van der Waals surface area contributed by atoms with Crippen molar-refractivity contribution in [1.82, 2.24) is 9.36 Å². The van der Waals surface area contributed by atoms with Crippen LogP contribution in [0.25, 0.3) is 5.69 Å². The molecule has 3 heterocycles. The van der Waals surface area contributed by atoms with E-state index in [0.29, 0.717) is 5.69 Å². The number of hydrogen-bond donors (Lipinski definition) is 0. The zero-order valence-electron chi connectivity index (χ0n) is 14.7. The van der Waals surface area contributed by atoms with Crippen molar-refractivity contribution in [2.45, 2.75) is 24.5 Å². The van der Waals surface area contributed by atoms with Gasteiger partial charge < -0.3 is 0 Å². The summed E-state index contributed by atoms with van der Waals surface area (Å²) < 4.78 is 3.44. The maximum Gasteiger partial charge on any atom is 0.295 e. The van der Waals surface area contributed by atoms with Gasteiger partial charge in [0.25, 0.3) is 5.56 Å². The summed E-state index contributed by atoms with van der Waals surface area (Å²) in [6.45, 7) is 3.80. The molecule has 1 saturated heterocycles. The van der Waals surface area contributed by atoms with Crippen LogP contribution in [-0.4, -0.2) is 20.5 Å². The molecule has 2 aromatic heterocycles. The van der Waals surface area contributed by atoms with E-state index in [1.807, 2.05) is 73.4 Å². The fraction of sp³-hybridized carbons (Fsp3) is 0.263. The van der Waals surface area contributed by atoms with Crippen molar-refractivity contribution in [2.75, 3.05) is 4.90 Å². The molecular formula is C19H19N3O2S2. The molecule has 1 amide bonds. The van der Waals surface area contributed by atoms with E-state index in [0.717, 1.165) is 16.3 Å². The quantitative estimate of drug-likeness (QED) is 0.690. The highest BCUT2D eigenvalue weighted by atomic mass is 32.2. The second-order valence-electron chi connectivity index (χ2n) is 6.26. The third-order valence-electron chi connectivity index (χ3n) is 4.70. The van der Waals surface area contributed by atoms with E-state index >= 15 is 0 Å². The summed E-state index contributed by atoms with van der Waals surface area (Å²) in [6, 6.07) is 13.5. The predicted molar refractivity (Wildman–Crippen MR) is 107 cm³/mol. The lowest BCUT2D eigenvalue weighted by atomic mass is 10.2. The van der Waals surface area contributed by atoms with Crippen LogP contribution in [0.3, 0.4) is 0 Å². The maximum absolute atomic E-state index is 13.3. The number of thiophene rings is 1. The SMILES string of the molecule is Cc1c(N2C(=O)C(C)SC2c2cccs2)c(=O)n(-c2ccccc2)n1C. The largest absolute Gasteiger partial charge is 0.295 e. The number of carbonyl (C=O) groups is 1. The van der Waals surface area contributed by atoms with Gasteiger partial charge >= 0.3 is 0 Å². The molecule has 3 aromatic rings. The first-order valence-electron chi connectivity index (χ1n) is 8.36. The monoisotopic (exact) mass is 385 g/mol. The van der Waals surface area contributed by atoms with E-state index in [9.17, 15) is 9.59 Å². The van der Waals surface area contributed by atoms with Crippen LogP contribution >= 0.6 is 23.1 Å². The van der Waals surface area contributed by atoms with Crippen LogP contribution in [0, 0.1) is 6.92 Å². The summed E-state index contributed by atoms with van der Waals surface area (Å²) in [6.07, 6.45) is 0. The molecule has 1 aromatic carbocycles. The summed E-state index contributed by atoms with van der Waals surface area (Å²) in [5.41, 5.74) is 1.87. The summed E-state index contributed by atoms with van der Waals surface area (Å²) in [5, 5.41) is 1.67. The van der Waals surface area contributed by atoms with Crippen LogP contribution in [0.5, 0.6) is 0 Å². The fourth-order valence-corrected chi connectivity index (χ4v) is 5.50. The molecule has 2 unspecified atom stereocenters. The number of carbonyl (C=O) groups excluding carboxylic acids is 1. The van der Waals surface area contributed by atoms with E-state index in [2.05, 4.69) is 0 Å². The van der Waals surface area contributed by atoms with Crippen LogP contribution in [0.15, 0.2) is 52.6 Å². The van der Waals surface area contributed by atoms with Gasteiger partial charge in [0, 0.05) is 11.9 Å². The normalized spacial score (nSPS) is 20.1. The number of aromatic nitrogens is 2. The number of rotatable bonds is 3. The zero-order valence-corrected chi connectivity index (χ0v) is 16.4. The number of anilines is 1. The molecule has 5 nitrogen and oxygen atoms in total. The van der Waals surface area contributed by atoms with Gasteiger partial charge in [0.05, 0.1) is 16.6 Å². The molecule has 2 atom stereocenters. The molecular weight excluding hydrogens is 366 g/mol. The molecule has 134 valence electrons. The second kappa shape index (κ2) is 6.48. The van der Waals surface area contributed by atoms with E-state index < -0.39 is 0 Å². The van der Waals surface area contributed by atoms with Gasteiger partial charge in [-0.1, -0.05) is 24.3 Å². The second-order valence-corrected chi connectivity index (χ2v) is 8.67. The Labute approximate surface area is 159 Å². The van der Waals surface area contributed by atoms with Gasteiger partial charge in [-0.25, -0.2) is 4.68 Å². The topological polar surface area (TPSA) is 47.2 Å². The third-order valence-corrected chi connectivity index (χ3v) is 7.11. The van der Waals surface area contributed by atoms with Gasteiger partial charge in [-0.05, 0) is 37.4 Å². The predicted octanol–water partition coefficient (Wildman–Crippen LogP) is 3.71. The summed E-state index contributed by atoms with van der Waals surface area (Å²) in [5.74, 6) is -0.0144. The average molecular weight is 386 g/mol. The van der Waals surface area contributed by atoms with Crippen molar-refractivity contribution in [1.29, 1.82) is 0 Å². The van der Waals surface area contributed by atoms with Crippen LogP contribution in [0.2, 0.25) is 0 Å². The summed E-state index contributed by atoms with van der Waals surface area (Å²) in [7, 11) is 1.85. The first-order chi connectivity index (χ1) is 12.5. The maximum atomic E-state index is 13.3. The minimum atomic E-state index is -0.175. The average Bonchev–Trinajstić information content (AvgIpc) is 3.31. The van der Waals surface area contributed by atoms with Gasteiger partial charge in [-0.15, -0.1) is 23.1 Å². The Morgan fingerprint density at radius 2 is 1.77 bits per heavy atom. The molecule has 1 aliphatic rings. The first-order valence-corrected chi connectivity index (χ1v) is 10.2. The molecule has 1 aliphatic heterocycles. The summed E-state index contributed by atoms with van der Waals surface area (Å²) >= 11 is 3.20. The van der Waals surface area contributed by atoms with Crippen molar-refractivity contribution < 1.29 is 4.79 Å². The highest BCUT2D eigenvalue weighted by Gasteiger charge is 2.43. The molecule has 0 aliphatic carbocycles. The van der Waals surface area contributed by atoms with Crippen molar-refractivity contribution >= 4 is 34.7 Å². The van der Waals surface area contributed by atoms with Gasteiger partial charge in [0.2, 0.25) is 5.91 Å². The van der Waals surface area contributed by atoms with E-state index in [4.69, 9.17) is 0 Å².